The van der Waals surface area contributed by atoms with Crippen molar-refractivity contribution < 1.29 is 4.79 Å². The number of pyridine rings is 1. The number of carbonyl (C=O) groups excluding carboxylic acids is 1. The van der Waals surface area contributed by atoms with Gasteiger partial charge in [-0.25, -0.2) is 0 Å². The van der Waals surface area contributed by atoms with Gasteiger partial charge in [-0.3, -0.25) is 9.78 Å². The van der Waals surface area contributed by atoms with Crippen LogP contribution in [0.5, 0.6) is 0 Å². The summed E-state index contributed by atoms with van der Waals surface area (Å²) in [4.78, 5) is 19.1. The molecule has 2 aromatic rings. The van der Waals surface area contributed by atoms with Gasteiger partial charge in [-0.05, 0) is 49.9 Å². The van der Waals surface area contributed by atoms with Crippen LogP contribution in [0.15, 0.2) is 42.7 Å². The maximum absolute atomic E-state index is 12.9. The maximum Gasteiger partial charge on any atom is 0.255 e. The van der Waals surface area contributed by atoms with Gasteiger partial charge in [0.1, 0.15) is 0 Å². The van der Waals surface area contributed by atoms with E-state index in [0.29, 0.717) is 16.6 Å². The van der Waals surface area contributed by atoms with Gasteiger partial charge in [0.2, 0.25) is 0 Å². The highest BCUT2D eigenvalue weighted by Crippen LogP contribution is 2.24. The van der Waals surface area contributed by atoms with Crippen LogP contribution < -0.4 is 5.32 Å². The Hall–Kier alpha value is -2.07. The fourth-order valence-corrected chi connectivity index (χ4v) is 3.41. The van der Waals surface area contributed by atoms with Crippen LogP contribution in [0.1, 0.15) is 43.0 Å². The third kappa shape index (κ3) is 3.88. The molecular weight excluding hydrogens is 322 g/mol. The molecule has 1 aliphatic rings. The largest absolute Gasteiger partial charge is 0.354 e. The van der Waals surface area contributed by atoms with Crippen molar-refractivity contribution in [3.05, 3.63) is 53.3 Å². The van der Waals surface area contributed by atoms with E-state index in [4.69, 9.17) is 11.6 Å². The summed E-state index contributed by atoms with van der Waals surface area (Å²) in [5.41, 5.74) is 2.29. The third-order valence-electron chi connectivity index (χ3n) is 4.46. The SMILES string of the molecule is CCC1CCCCN1C(=O)c1cncc(Nc2cccc(Cl)c2)c1. The minimum absolute atomic E-state index is 0.0730. The summed E-state index contributed by atoms with van der Waals surface area (Å²) in [6.45, 7) is 2.98. The molecule has 0 saturated carbocycles. The quantitative estimate of drug-likeness (QED) is 0.860. The molecule has 1 atom stereocenters. The van der Waals surface area contributed by atoms with Crippen molar-refractivity contribution in [1.82, 2.24) is 9.88 Å². The Labute approximate surface area is 147 Å². The normalized spacial score (nSPS) is 17.6. The lowest BCUT2D eigenvalue weighted by molar-refractivity contribution is 0.0607. The van der Waals surface area contributed by atoms with E-state index in [1.54, 1.807) is 12.4 Å². The lowest BCUT2D eigenvalue weighted by Gasteiger charge is -2.35. The second-order valence-electron chi connectivity index (χ2n) is 6.15. The molecule has 2 heterocycles. The Morgan fingerprint density at radius 2 is 2.17 bits per heavy atom. The molecule has 0 aliphatic carbocycles. The molecule has 1 aromatic heterocycles. The summed E-state index contributed by atoms with van der Waals surface area (Å²) in [5.74, 6) is 0.0730. The van der Waals surface area contributed by atoms with E-state index in [9.17, 15) is 4.79 Å². The minimum Gasteiger partial charge on any atom is -0.354 e. The van der Waals surface area contributed by atoms with Gasteiger partial charge in [0.05, 0.1) is 17.4 Å². The molecule has 1 unspecified atom stereocenters. The van der Waals surface area contributed by atoms with Crippen LogP contribution in [-0.2, 0) is 0 Å². The first kappa shape index (κ1) is 16.8. The van der Waals surface area contributed by atoms with E-state index in [1.807, 2.05) is 35.2 Å². The average molecular weight is 344 g/mol. The van der Waals surface area contributed by atoms with Crippen molar-refractivity contribution >= 4 is 28.9 Å². The second-order valence-corrected chi connectivity index (χ2v) is 6.59. The smallest absolute Gasteiger partial charge is 0.255 e. The van der Waals surface area contributed by atoms with Crippen LogP contribution in [-0.4, -0.2) is 28.4 Å². The number of carbonyl (C=O) groups is 1. The highest BCUT2D eigenvalue weighted by atomic mass is 35.5. The van der Waals surface area contributed by atoms with Gasteiger partial charge in [-0.1, -0.05) is 24.6 Å². The van der Waals surface area contributed by atoms with Gasteiger partial charge in [-0.15, -0.1) is 0 Å². The van der Waals surface area contributed by atoms with E-state index in [1.165, 1.54) is 6.42 Å². The number of hydrogen-bond donors (Lipinski definition) is 1. The van der Waals surface area contributed by atoms with Crippen LogP contribution in [0.25, 0.3) is 0 Å². The van der Waals surface area contributed by atoms with Crippen LogP contribution in [0, 0.1) is 0 Å². The van der Waals surface area contributed by atoms with Crippen molar-refractivity contribution in [2.45, 2.75) is 38.6 Å². The Balaban J connectivity index is 1.78. The van der Waals surface area contributed by atoms with Gasteiger partial charge in [0.25, 0.3) is 5.91 Å². The Bertz CT molecular complexity index is 719. The number of aromatic nitrogens is 1. The molecule has 0 radical (unpaired) electrons. The number of anilines is 2. The topological polar surface area (TPSA) is 45.2 Å². The summed E-state index contributed by atoms with van der Waals surface area (Å²) >= 11 is 6.01. The first-order valence-electron chi connectivity index (χ1n) is 8.46. The summed E-state index contributed by atoms with van der Waals surface area (Å²) < 4.78 is 0. The lowest BCUT2D eigenvalue weighted by atomic mass is 9.99. The molecule has 1 aromatic carbocycles. The highest BCUT2D eigenvalue weighted by Gasteiger charge is 2.26. The van der Waals surface area contributed by atoms with Crippen molar-refractivity contribution in [3.63, 3.8) is 0 Å². The monoisotopic (exact) mass is 343 g/mol. The fraction of sp³-hybridized carbons (Fsp3) is 0.368. The number of rotatable bonds is 4. The van der Waals surface area contributed by atoms with Crippen LogP contribution >= 0.6 is 11.6 Å². The molecule has 126 valence electrons. The maximum atomic E-state index is 12.9. The van der Waals surface area contributed by atoms with E-state index in [2.05, 4.69) is 17.2 Å². The number of nitrogens with zero attached hydrogens (tertiary/aromatic N) is 2. The molecule has 1 aliphatic heterocycles. The summed E-state index contributed by atoms with van der Waals surface area (Å²) in [6.07, 6.45) is 7.74. The standard InChI is InChI=1S/C19H22ClN3O/c1-2-18-8-3-4-9-23(18)19(24)14-10-17(13-21-12-14)22-16-7-5-6-15(20)11-16/h5-7,10-13,18,22H,2-4,8-9H2,1H3. The number of halogens is 1. The highest BCUT2D eigenvalue weighted by molar-refractivity contribution is 6.30. The molecule has 4 nitrogen and oxygen atoms in total. The third-order valence-corrected chi connectivity index (χ3v) is 4.69. The predicted molar refractivity (Wildman–Crippen MR) is 97.9 cm³/mol. The molecule has 1 fully saturated rings. The molecule has 24 heavy (non-hydrogen) atoms. The Kier molecular flexibility index (Phi) is 5.36. The number of nitrogens with one attached hydrogen (secondary N) is 1. The molecule has 3 rings (SSSR count). The van der Waals surface area contributed by atoms with Gasteiger partial charge in [-0.2, -0.15) is 0 Å². The van der Waals surface area contributed by atoms with E-state index in [-0.39, 0.29) is 5.91 Å². The fourth-order valence-electron chi connectivity index (χ4n) is 3.22. The van der Waals surface area contributed by atoms with E-state index in [0.717, 1.165) is 37.2 Å². The number of hydrogen-bond acceptors (Lipinski definition) is 3. The zero-order chi connectivity index (χ0) is 16.9. The zero-order valence-corrected chi connectivity index (χ0v) is 14.6. The van der Waals surface area contributed by atoms with Crippen molar-refractivity contribution in [2.24, 2.45) is 0 Å². The number of likely N-dealkylation sites (tertiary alicyclic amines) is 1. The number of amides is 1. The molecule has 0 bridgehead atoms. The lowest BCUT2D eigenvalue weighted by Crippen LogP contribution is -2.43. The van der Waals surface area contributed by atoms with Crippen LogP contribution in [0.3, 0.4) is 0 Å². The van der Waals surface area contributed by atoms with Crippen molar-refractivity contribution in [1.29, 1.82) is 0 Å². The first-order valence-corrected chi connectivity index (χ1v) is 8.84. The average Bonchev–Trinajstić information content (AvgIpc) is 2.61. The first-order chi connectivity index (χ1) is 11.7. The van der Waals surface area contributed by atoms with Crippen LogP contribution in [0.2, 0.25) is 5.02 Å². The molecule has 0 spiro atoms. The summed E-state index contributed by atoms with van der Waals surface area (Å²) in [5, 5.41) is 3.92. The summed E-state index contributed by atoms with van der Waals surface area (Å²) in [7, 11) is 0. The van der Waals surface area contributed by atoms with Gasteiger partial charge >= 0.3 is 0 Å². The summed E-state index contributed by atoms with van der Waals surface area (Å²) in [6, 6.07) is 9.68. The van der Waals surface area contributed by atoms with Crippen LogP contribution in [0.4, 0.5) is 11.4 Å². The second kappa shape index (κ2) is 7.67. The Morgan fingerprint density at radius 1 is 1.29 bits per heavy atom. The van der Waals surface area contributed by atoms with Gasteiger partial charge in [0.15, 0.2) is 0 Å². The molecule has 1 amide bonds. The Morgan fingerprint density at radius 3 is 2.96 bits per heavy atom. The van der Waals surface area contributed by atoms with Gasteiger partial charge < -0.3 is 10.2 Å². The molecular formula is C19H22ClN3O. The molecule has 5 heteroatoms. The zero-order valence-electron chi connectivity index (χ0n) is 13.8. The van der Waals surface area contributed by atoms with Crippen molar-refractivity contribution in [3.8, 4) is 0 Å². The van der Waals surface area contributed by atoms with E-state index >= 15 is 0 Å². The number of piperidine rings is 1. The van der Waals surface area contributed by atoms with E-state index < -0.39 is 0 Å². The minimum atomic E-state index is 0.0730. The van der Waals surface area contributed by atoms with Gasteiger partial charge in [0, 0.05) is 29.5 Å². The molecule has 1 N–H and O–H groups in total. The van der Waals surface area contributed by atoms with Crippen molar-refractivity contribution in [2.75, 3.05) is 11.9 Å². The molecule has 1 saturated heterocycles. The predicted octanol–water partition coefficient (Wildman–Crippen LogP) is 4.88. The number of benzene rings is 1.